The zero-order valence-corrected chi connectivity index (χ0v) is 17.7. The fraction of sp³-hybridized carbons (Fsp3) is 0.476. The lowest BCUT2D eigenvalue weighted by molar-refractivity contribution is 0.0670. The second kappa shape index (κ2) is 7.89. The number of fused-ring (bicyclic) bond motifs is 1. The van der Waals surface area contributed by atoms with Gasteiger partial charge < -0.3 is 19.3 Å². The number of amides is 1. The Morgan fingerprint density at radius 2 is 2.00 bits per heavy atom. The predicted molar refractivity (Wildman–Crippen MR) is 113 cm³/mol. The summed E-state index contributed by atoms with van der Waals surface area (Å²) in [5.41, 5.74) is 2.08. The van der Waals surface area contributed by atoms with E-state index in [2.05, 4.69) is 20.1 Å². The van der Waals surface area contributed by atoms with Gasteiger partial charge in [-0.2, -0.15) is 0 Å². The molecular formula is C21H26N6O3. The maximum Gasteiger partial charge on any atom is 0.292 e. The van der Waals surface area contributed by atoms with Gasteiger partial charge in [-0.1, -0.05) is 19.0 Å². The Balaban J connectivity index is 1.50. The molecule has 0 spiro atoms. The molecule has 3 aromatic heterocycles. The van der Waals surface area contributed by atoms with Gasteiger partial charge in [-0.15, -0.1) is 0 Å². The molecule has 0 radical (unpaired) electrons. The average Bonchev–Trinajstić information content (AvgIpc) is 3.23. The Labute approximate surface area is 174 Å². The van der Waals surface area contributed by atoms with Gasteiger partial charge in [0.15, 0.2) is 0 Å². The third kappa shape index (κ3) is 3.79. The minimum Gasteiger partial charge on any atom is -0.351 e. The van der Waals surface area contributed by atoms with E-state index in [9.17, 15) is 9.59 Å². The number of H-pyrrole nitrogens is 1. The minimum atomic E-state index is -0.186. The van der Waals surface area contributed by atoms with Crippen molar-refractivity contribution in [2.24, 2.45) is 0 Å². The summed E-state index contributed by atoms with van der Waals surface area (Å²) in [6.45, 7) is 5.20. The van der Waals surface area contributed by atoms with Crippen molar-refractivity contribution in [3.63, 3.8) is 0 Å². The van der Waals surface area contributed by atoms with E-state index in [4.69, 9.17) is 4.52 Å². The molecule has 1 fully saturated rings. The lowest BCUT2D eigenvalue weighted by Gasteiger charge is -2.31. The van der Waals surface area contributed by atoms with Gasteiger partial charge in [0.25, 0.3) is 11.5 Å². The van der Waals surface area contributed by atoms with Crippen LogP contribution in [0.2, 0.25) is 0 Å². The Morgan fingerprint density at radius 3 is 2.63 bits per heavy atom. The molecule has 9 nitrogen and oxygen atoms in total. The summed E-state index contributed by atoms with van der Waals surface area (Å²) in [6.07, 6.45) is 3.07. The monoisotopic (exact) mass is 410 g/mol. The topological polar surface area (TPSA) is 108 Å². The molecule has 0 atom stereocenters. The normalized spacial score (nSPS) is 15.2. The lowest BCUT2D eigenvalue weighted by Crippen LogP contribution is -2.38. The first kappa shape index (κ1) is 20.1. The largest absolute Gasteiger partial charge is 0.351 e. The van der Waals surface area contributed by atoms with Gasteiger partial charge in [0.1, 0.15) is 0 Å². The molecule has 9 heteroatoms. The first-order valence-electron chi connectivity index (χ1n) is 10.2. The van der Waals surface area contributed by atoms with E-state index in [1.165, 1.54) is 0 Å². The van der Waals surface area contributed by atoms with E-state index < -0.39 is 0 Å². The fourth-order valence-electron chi connectivity index (χ4n) is 3.70. The lowest BCUT2D eigenvalue weighted by atomic mass is 9.92. The SMILES string of the molecule is CC(C)c1cc(C(=O)N2CCC(c3cc4nc(N(C)C)ncc4c(=O)[nH]3)CC2)on1. The van der Waals surface area contributed by atoms with Crippen molar-refractivity contribution in [2.75, 3.05) is 32.1 Å². The summed E-state index contributed by atoms with van der Waals surface area (Å²) in [5, 5.41) is 4.45. The number of likely N-dealkylation sites (tertiary alicyclic amines) is 1. The molecule has 0 aliphatic carbocycles. The van der Waals surface area contributed by atoms with Crippen molar-refractivity contribution in [1.29, 1.82) is 0 Å². The number of aromatic nitrogens is 4. The number of aromatic amines is 1. The van der Waals surface area contributed by atoms with Crippen LogP contribution in [0.1, 0.15) is 60.5 Å². The number of carbonyl (C=O) groups excluding carboxylic acids is 1. The van der Waals surface area contributed by atoms with E-state index in [-0.39, 0.29) is 29.1 Å². The minimum absolute atomic E-state index is 0.136. The summed E-state index contributed by atoms with van der Waals surface area (Å²) in [5.74, 6) is 1.08. The molecule has 0 bridgehead atoms. The van der Waals surface area contributed by atoms with Crippen molar-refractivity contribution < 1.29 is 9.32 Å². The second-order valence-electron chi connectivity index (χ2n) is 8.25. The molecule has 3 aromatic rings. The highest BCUT2D eigenvalue weighted by Gasteiger charge is 2.28. The van der Waals surface area contributed by atoms with Crippen LogP contribution in [0, 0.1) is 0 Å². The molecule has 30 heavy (non-hydrogen) atoms. The van der Waals surface area contributed by atoms with Gasteiger partial charge in [0, 0.05) is 51.1 Å². The molecule has 158 valence electrons. The summed E-state index contributed by atoms with van der Waals surface area (Å²) in [4.78, 5) is 40.5. The van der Waals surface area contributed by atoms with E-state index in [0.29, 0.717) is 29.9 Å². The number of carbonyl (C=O) groups is 1. The Bertz CT molecular complexity index is 1130. The number of piperidine rings is 1. The molecular weight excluding hydrogens is 384 g/mol. The maximum atomic E-state index is 12.7. The van der Waals surface area contributed by atoms with Crippen LogP contribution in [0.25, 0.3) is 10.9 Å². The molecule has 1 N–H and O–H groups in total. The van der Waals surface area contributed by atoms with Crippen LogP contribution in [-0.2, 0) is 0 Å². The third-order valence-corrected chi connectivity index (χ3v) is 5.55. The van der Waals surface area contributed by atoms with Crippen LogP contribution < -0.4 is 10.5 Å². The first-order chi connectivity index (χ1) is 14.3. The number of hydrogen-bond donors (Lipinski definition) is 1. The van der Waals surface area contributed by atoms with Gasteiger partial charge in [-0.25, -0.2) is 9.97 Å². The van der Waals surface area contributed by atoms with Crippen LogP contribution in [0.3, 0.4) is 0 Å². The number of nitrogens with one attached hydrogen (secondary N) is 1. The number of nitrogens with zero attached hydrogens (tertiary/aromatic N) is 5. The Kier molecular flexibility index (Phi) is 5.27. The van der Waals surface area contributed by atoms with Gasteiger partial charge in [0.2, 0.25) is 11.7 Å². The number of pyridine rings is 1. The van der Waals surface area contributed by atoms with Crippen molar-refractivity contribution in [1.82, 2.24) is 25.0 Å². The second-order valence-corrected chi connectivity index (χ2v) is 8.25. The predicted octanol–water partition coefficient (Wildman–Crippen LogP) is 2.52. The summed E-state index contributed by atoms with van der Waals surface area (Å²) < 4.78 is 5.24. The Hall–Kier alpha value is -3.23. The quantitative estimate of drug-likeness (QED) is 0.704. The summed E-state index contributed by atoms with van der Waals surface area (Å²) in [7, 11) is 3.72. The Morgan fingerprint density at radius 1 is 1.27 bits per heavy atom. The zero-order valence-electron chi connectivity index (χ0n) is 17.7. The third-order valence-electron chi connectivity index (χ3n) is 5.55. The van der Waals surface area contributed by atoms with E-state index in [0.717, 1.165) is 24.2 Å². The molecule has 1 saturated heterocycles. The maximum absolute atomic E-state index is 12.7. The smallest absolute Gasteiger partial charge is 0.292 e. The molecule has 0 unspecified atom stereocenters. The molecule has 1 amide bonds. The van der Waals surface area contributed by atoms with Gasteiger partial charge >= 0.3 is 0 Å². The van der Waals surface area contributed by atoms with Crippen molar-refractivity contribution in [2.45, 2.75) is 38.5 Å². The molecule has 1 aliphatic rings. The van der Waals surface area contributed by atoms with Crippen molar-refractivity contribution in [3.05, 3.63) is 45.8 Å². The van der Waals surface area contributed by atoms with Gasteiger partial charge in [0.05, 0.1) is 16.6 Å². The molecule has 0 saturated carbocycles. The van der Waals surface area contributed by atoms with Crippen LogP contribution in [0.5, 0.6) is 0 Å². The molecule has 4 rings (SSSR count). The average molecular weight is 410 g/mol. The van der Waals surface area contributed by atoms with E-state index >= 15 is 0 Å². The van der Waals surface area contributed by atoms with Crippen LogP contribution >= 0.6 is 0 Å². The van der Waals surface area contributed by atoms with Crippen LogP contribution in [0.15, 0.2) is 27.6 Å². The number of rotatable bonds is 4. The number of hydrogen-bond acceptors (Lipinski definition) is 7. The zero-order chi connectivity index (χ0) is 21.4. The first-order valence-corrected chi connectivity index (χ1v) is 10.2. The summed E-state index contributed by atoms with van der Waals surface area (Å²) in [6, 6.07) is 3.65. The highest BCUT2D eigenvalue weighted by molar-refractivity contribution is 5.91. The van der Waals surface area contributed by atoms with Gasteiger partial charge in [-0.05, 0) is 24.8 Å². The molecule has 0 aromatic carbocycles. The van der Waals surface area contributed by atoms with Crippen LogP contribution in [0.4, 0.5) is 5.95 Å². The highest BCUT2D eigenvalue weighted by atomic mass is 16.5. The standard InChI is InChI=1S/C21H26N6O3/c1-12(2)15-10-18(30-25-15)20(29)27-7-5-13(6-8-27)16-9-17-14(19(28)23-16)11-22-21(24-17)26(3)4/h9-13H,5-8H2,1-4H3,(H,23,28). The summed E-state index contributed by atoms with van der Waals surface area (Å²) >= 11 is 0. The molecule has 1 aliphatic heterocycles. The van der Waals surface area contributed by atoms with E-state index in [1.807, 2.05) is 34.0 Å². The van der Waals surface area contributed by atoms with Gasteiger partial charge in [-0.3, -0.25) is 9.59 Å². The van der Waals surface area contributed by atoms with Crippen molar-refractivity contribution >= 4 is 22.8 Å². The number of anilines is 1. The highest BCUT2D eigenvalue weighted by Crippen LogP contribution is 2.28. The fourth-order valence-corrected chi connectivity index (χ4v) is 3.70. The molecule has 4 heterocycles. The van der Waals surface area contributed by atoms with E-state index in [1.54, 1.807) is 22.1 Å². The van der Waals surface area contributed by atoms with Crippen molar-refractivity contribution in [3.8, 4) is 0 Å². The van der Waals surface area contributed by atoms with Crippen LogP contribution in [-0.4, -0.2) is 58.1 Å².